The first-order chi connectivity index (χ1) is 14.5. The van der Waals surface area contributed by atoms with Crippen molar-refractivity contribution in [1.82, 2.24) is 4.90 Å². The van der Waals surface area contributed by atoms with E-state index < -0.39 is 8.07 Å². The lowest BCUT2D eigenvalue weighted by molar-refractivity contribution is -0.126. The maximum Gasteiger partial charge on any atom is 0.224 e. The van der Waals surface area contributed by atoms with Crippen LogP contribution in [0, 0.1) is 0 Å². The van der Waals surface area contributed by atoms with Crippen LogP contribution in [0.3, 0.4) is 0 Å². The summed E-state index contributed by atoms with van der Waals surface area (Å²) in [6, 6.07) is 30.9. The molecule has 0 saturated carbocycles. The molecule has 0 aliphatic rings. The highest BCUT2D eigenvalue weighted by Gasteiger charge is 2.20. The Labute approximate surface area is 181 Å². The highest BCUT2D eigenvalue weighted by atomic mass is 28.3. The molecule has 3 heteroatoms. The first kappa shape index (κ1) is 21.5. The van der Waals surface area contributed by atoms with Gasteiger partial charge in [-0.3, -0.25) is 4.79 Å². The first-order valence-electron chi connectivity index (χ1n) is 10.3. The van der Waals surface area contributed by atoms with Crippen molar-refractivity contribution in [2.45, 2.75) is 26.6 Å². The van der Waals surface area contributed by atoms with Crippen molar-refractivity contribution >= 4 is 24.9 Å². The van der Waals surface area contributed by atoms with Crippen molar-refractivity contribution in [2.24, 2.45) is 0 Å². The number of carbonyl (C=O) groups is 1. The quantitative estimate of drug-likeness (QED) is 0.356. The van der Waals surface area contributed by atoms with E-state index in [2.05, 4.69) is 85.5 Å². The lowest BCUT2D eigenvalue weighted by atomic mass is 10.1. The van der Waals surface area contributed by atoms with Gasteiger partial charge >= 0.3 is 0 Å². The fraction of sp³-hybridized carbons (Fsp3) is 0.148. The zero-order valence-corrected chi connectivity index (χ0v) is 19.0. The van der Waals surface area contributed by atoms with Crippen molar-refractivity contribution in [3.8, 4) is 0 Å². The molecule has 0 fully saturated rings. The Hall–Kier alpha value is -3.17. The summed E-state index contributed by atoms with van der Waals surface area (Å²) in [4.78, 5) is 14.5. The van der Waals surface area contributed by atoms with Gasteiger partial charge in [0.2, 0.25) is 5.91 Å². The van der Waals surface area contributed by atoms with Crippen molar-refractivity contribution in [3.05, 3.63) is 120 Å². The van der Waals surface area contributed by atoms with Crippen molar-refractivity contribution in [1.29, 1.82) is 0 Å². The molecule has 0 aliphatic carbocycles. The second kappa shape index (κ2) is 10.0. The molecule has 0 spiro atoms. The standard InChI is InChI=1S/C27H29NOSi/c1-23(29)28(22-24-14-7-4-8-15-24)27(25-16-9-5-10-17-25)20-13-21-30(2,3)26-18-11-6-12-19-26/h4-21H,22H2,1-3H3/b21-13+,27-20-. The fourth-order valence-electron chi connectivity index (χ4n) is 3.43. The zero-order valence-electron chi connectivity index (χ0n) is 18.0. The van der Waals surface area contributed by atoms with Gasteiger partial charge in [0, 0.05) is 6.92 Å². The van der Waals surface area contributed by atoms with Crippen LogP contribution in [0.25, 0.3) is 5.70 Å². The smallest absolute Gasteiger partial charge is 0.224 e. The topological polar surface area (TPSA) is 20.3 Å². The van der Waals surface area contributed by atoms with E-state index in [9.17, 15) is 4.79 Å². The Morgan fingerprint density at radius 3 is 1.93 bits per heavy atom. The molecule has 1 amide bonds. The third-order valence-corrected chi connectivity index (χ3v) is 8.06. The Kier molecular flexibility index (Phi) is 7.20. The number of hydrogen-bond acceptors (Lipinski definition) is 1. The summed E-state index contributed by atoms with van der Waals surface area (Å²) in [6.07, 6.45) is 4.21. The fourth-order valence-corrected chi connectivity index (χ4v) is 5.25. The first-order valence-corrected chi connectivity index (χ1v) is 13.4. The second-order valence-electron chi connectivity index (χ2n) is 7.96. The molecular formula is C27H29NOSi. The Morgan fingerprint density at radius 2 is 1.37 bits per heavy atom. The van der Waals surface area contributed by atoms with Gasteiger partial charge in [0.25, 0.3) is 0 Å². The molecule has 30 heavy (non-hydrogen) atoms. The lowest BCUT2D eigenvalue weighted by Crippen LogP contribution is -2.39. The molecule has 152 valence electrons. The van der Waals surface area contributed by atoms with Crippen LogP contribution in [-0.2, 0) is 11.3 Å². The van der Waals surface area contributed by atoms with Crippen molar-refractivity contribution in [2.75, 3.05) is 0 Å². The van der Waals surface area contributed by atoms with E-state index in [1.165, 1.54) is 5.19 Å². The summed E-state index contributed by atoms with van der Waals surface area (Å²) in [6.45, 7) is 6.85. The molecule has 0 heterocycles. The number of carbonyl (C=O) groups excluding carboxylic acids is 1. The van der Waals surface area contributed by atoms with E-state index in [1.807, 2.05) is 41.3 Å². The average Bonchev–Trinajstić information content (AvgIpc) is 2.77. The summed E-state index contributed by atoms with van der Waals surface area (Å²) >= 11 is 0. The maximum atomic E-state index is 12.6. The van der Waals surface area contributed by atoms with E-state index in [1.54, 1.807) is 6.92 Å². The zero-order chi connectivity index (χ0) is 21.4. The molecule has 0 radical (unpaired) electrons. The van der Waals surface area contributed by atoms with E-state index in [0.717, 1.165) is 16.8 Å². The van der Waals surface area contributed by atoms with Crippen LogP contribution < -0.4 is 5.19 Å². The van der Waals surface area contributed by atoms with Gasteiger partial charge in [-0.1, -0.05) is 121 Å². The maximum absolute atomic E-state index is 12.6. The van der Waals surface area contributed by atoms with Crippen LogP contribution in [-0.4, -0.2) is 18.9 Å². The van der Waals surface area contributed by atoms with Gasteiger partial charge in [-0.2, -0.15) is 0 Å². The van der Waals surface area contributed by atoms with Gasteiger partial charge in [0.1, 0.15) is 8.07 Å². The van der Waals surface area contributed by atoms with Crippen LogP contribution in [0.1, 0.15) is 18.1 Å². The average molecular weight is 412 g/mol. The van der Waals surface area contributed by atoms with Crippen LogP contribution in [0.2, 0.25) is 13.1 Å². The highest BCUT2D eigenvalue weighted by molar-refractivity contribution is 6.93. The molecule has 0 unspecified atom stereocenters. The highest BCUT2D eigenvalue weighted by Crippen LogP contribution is 2.22. The number of rotatable bonds is 7. The number of allylic oxidation sites excluding steroid dienone is 2. The van der Waals surface area contributed by atoms with Crippen LogP contribution in [0.5, 0.6) is 0 Å². The molecule has 3 rings (SSSR count). The van der Waals surface area contributed by atoms with Crippen molar-refractivity contribution < 1.29 is 4.79 Å². The van der Waals surface area contributed by atoms with E-state index >= 15 is 0 Å². The van der Waals surface area contributed by atoms with Crippen molar-refractivity contribution in [3.63, 3.8) is 0 Å². The van der Waals surface area contributed by atoms with E-state index in [-0.39, 0.29) is 5.91 Å². The third kappa shape index (κ3) is 5.68. The van der Waals surface area contributed by atoms with E-state index in [4.69, 9.17) is 0 Å². The Morgan fingerprint density at radius 1 is 0.833 bits per heavy atom. The SMILES string of the molecule is CC(=O)N(Cc1ccccc1)/C(=C\C=C\[Si](C)(C)c1ccccc1)c1ccccc1. The lowest BCUT2D eigenvalue weighted by Gasteiger charge is -2.25. The van der Waals surface area contributed by atoms with Gasteiger partial charge in [0.05, 0.1) is 12.2 Å². The summed E-state index contributed by atoms with van der Waals surface area (Å²) in [5.41, 5.74) is 5.39. The molecule has 0 aliphatic heterocycles. The van der Waals surface area contributed by atoms with Crippen LogP contribution >= 0.6 is 0 Å². The minimum Gasteiger partial charge on any atom is -0.308 e. The minimum atomic E-state index is -1.71. The molecule has 0 atom stereocenters. The summed E-state index contributed by atoms with van der Waals surface area (Å²) in [5, 5.41) is 1.39. The molecule has 0 aromatic heterocycles. The largest absolute Gasteiger partial charge is 0.308 e. The van der Waals surface area contributed by atoms with Gasteiger partial charge in [-0.15, -0.1) is 0 Å². The van der Waals surface area contributed by atoms with Gasteiger partial charge < -0.3 is 4.90 Å². The van der Waals surface area contributed by atoms with Gasteiger partial charge in [0.15, 0.2) is 0 Å². The predicted molar refractivity (Wildman–Crippen MR) is 130 cm³/mol. The predicted octanol–water partition coefficient (Wildman–Crippen LogP) is 5.79. The van der Waals surface area contributed by atoms with Crippen LogP contribution in [0.4, 0.5) is 0 Å². The molecule has 0 N–H and O–H groups in total. The Balaban J connectivity index is 1.96. The minimum absolute atomic E-state index is 0.0296. The molecular weight excluding hydrogens is 382 g/mol. The van der Waals surface area contributed by atoms with Gasteiger partial charge in [-0.25, -0.2) is 0 Å². The van der Waals surface area contributed by atoms with Gasteiger partial charge in [-0.05, 0) is 17.2 Å². The Bertz CT molecular complexity index is 1010. The van der Waals surface area contributed by atoms with E-state index in [0.29, 0.717) is 6.54 Å². The number of amides is 1. The number of hydrogen-bond donors (Lipinski definition) is 0. The summed E-state index contributed by atoms with van der Waals surface area (Å²) in [5.74, 6) is 0.0296. The monoisotopic (exact) mass is 411 g/mol. The van der Waals surface area contributed by atoms with Crippen LogP contribution in [0.15, 0.2) is 109 Å². The summed E-state index contributed by atoms with van der Waals surface area (Å²) in [7, 11) is -1.71. The number of nitrogens with zero attached hydrogens (tertiary/aromatic N) is 1. The third-order valence-electron chi connectivity index (χ3n) is 5.21. The molecule has 2 nitrogen and oxygen atoms in total. The summed E-state index contributed by atoms with van der Waals surface area (Å²) < 4.78 is 0. The number of benzene rings is 3. The molecule has 0 bridgehead atoms. The normalized spacial score (nSPS) is 12.2. The molecule has 3 aromatic rings. The molecule has 3 aromatic carbocycles. The molecule has 0 saturated heterocycles. The second-order valence-corrected chi connectivity index (χ2v) is 12.3.